The molecule has 0 radical (unpaired) electrons. The van der Waals surface area contributed by atoms with E-state index in [1.54, 1.807) is 28.8 Å². The second-order valence-corrected chi connectivity index (χ2v) is 10.3. The fraction of sp³-hybridized carbons (Fsp3) is 0.333. The maximum Gasteiger partial charge on any atom is 0.250 e. The van der Waals surface area contributed by atoms with Gasteiger partial charge in [-0.1, -0.05) is 18.2 Å². The van der Waals surface area contributed by atoms with Crippen molar-refractivity contribution < 1.29 is 13.2 Å². The van der Waals surface area contributed by atoms with Gasteiger partial charge in [-0.15, -0.1) is 22.7 Å². The molecule has 1 aromatic carbocycles. The Morgan fingerprint density at radius 3 is 2.89 bits per heavy atom. The van der Waals surface area contributed by atoms with E-state index in [9.17, 15) is 13.2 Å². The van der Waals surface area contributed by atoms with E-state index < -0.39 is 10.0 Å². The van der Waals surface area contributed by atoms with E-state index in [2.05, 4.69) is 4.72 Å². The molecule has 1 atom stereocenters. The van der Waals surface area contributed by atoms with E-state index in [4.69, 9.17) is 4.98 Å². The van der Waals surface area contributed by atoms with Gasteiger partial charge in [-0.2, -0.15) is 0 Å². The van der Waals surface area contributed by atoms with Crippen molar-refractivity contribution in [2.24, 2.45) is 0 Å². The highest BCUT2D eigenvalue weighted by molar-refractivity contribution is 7.91. The predicted molar refractivity (Wildman–Crippen MR) is 107 cm³/mol. The Labute approximate surface area is 165 Å². The smallest absolute Gasteiger partial charge is 0.250 e. The number of thiazole rings is 1. The Morgan fingerprint density at radius 1 is 1.26 bits per heavy atom. The van der Waals surface area contributed by atoms with Crippen LogP contribution >= 0.6 is 22.7 Å². The Bertz CT molecular complexity index is 1010. The highest BCUT2D eigenvalue weighted by Crippen LogP contribution is 2.36. The van der Waals surface area contributed by atoms with Crippen molar-refractivity contribution in [3.8, 4) is 0 Å². The summed E-state index contributed by atoms with van der Waals surface area (Å²) in [7, 11) is -3.53. The van der Waals surface area contributed by atoms with Crippen molar-refractivity contribution in [3.05, 3.63) is 46.8 Å². The summed E-state index contributed by atoms with van der Waals surface area (Å²) in [5.41, 5.74) is 0.959. The Morgan fingerprint density at radius 2 is 2.11 bits per heavy atom. The van der Waals surface area contributed by atoms with Crippen molar-refractivity contribution in [2.75, 3.05) is 13.1 Å². The lowest BCUT2D eigenvalue weighted by Crippen LogP contribution is -2.34. The second kappa shape index (κ2) is 7.67. The first-order valence-electron chi connectivity index (χ1n) is 8.73. The zero-order valence-electron chi connectivity index (χ0n) is 14.5. The molecule has 142 valence electrons. The van der Waals surface area contributed by atoms with Crippen molar-refractivity contribution in [2.45, 2.75) is 29.5 Å². The number of nitrogens with zero attached hydrogens (tertiary/aromatic N) is 2. The monoisotopic (exact) mass is 421 g/mol. The van der Waals surface area contributed by atoms with Crippen molar-refractivity contribution in [1.29, 1.82) is 0 Å². The first-order chi connectivity index (χ1) is 13.0. The summed E-state index contributed by atoms with van der Waals surface area (Å²) in [6.45, 7) is 0.791. The average molecular weight is 422 g/mol. The number of hydrogen-bond acceptors (Lipinski definition) is 6. The van der Waals surface area contributed by atoms with Gasteiger partial charge in [-0.05, 0) is 36.4 Å². The van der Waals surface area contributed by atoms with Gasteiger partial charge >= 0.3 is 0 Å². The maximum absolute atomic E-state index is 12.7. The molecular formula is C18H19N3O3S3. The van der Waals surface area contributed by atoms with E-state index in [0.717, 1.165) is 39.4 Å². The zero-order valence-corrected chi connectivity index (χ0v) is 16.9. The van der Waals surface area contributed by atoms with E-state index in [1.807, 2.05) is 29.2 Å². The predicted octanol–water partition coefficient (Wildman–Crippen LogP) is 3.39. The largest absolute Gasteiger partial charge is 0.333 e. The molecule has 1 fully saturated rings. The topological polar surface area (TPSA) is 79.4 Å². The van der Waals surface area contributed by atoms with Crippen molar-refractivity contribution >= 4 is 48.8 Å². The molecule has 3 aromatic rings. The summed E-state index contributed by atoms with van der Waals surface area (Å²) in [6, 6.07) is 11.2. The van der Waals surface area contributed by atoms with Crippen LogP contribution in [-0.2, 0) is 14.8 Å². The summed E-state index contributed by atoms with van der Waals surface area (Å²) in [6.07, 6.45) is 1.98. The van der Waals surface area contributed by atoms with Gasteiger partial charge in [0, 0.05) is 19.5 Å². The molecular weight excluding hydrogens is 402 g/mol. The molecule has 0 aliphatic carbocycles. The first-order valence-corrected chi connectivity index (χ1v) is 11.9. The number of hydrogen-bond donors (Lipinski definition) is 1. The van der Waals surface area contributed by atoms with Gasteiger partial charge in [0.1, 0.15) is 9.22 Å². The molecule has 3 heterocycles. The number of aromatic nitrogens is 1. The van der Waals surface area contributed by atoms with Gasteiger partial charge in [-0.3, -0.25) is 4.79 Å². The number of sulfonamides is 1. The van der Waals surface area contributed by atoms with Crippen LogP contribution in [0.2, 0.25) is 0 Å². The highest BCUT2D eigenvalue weighted by Gasteiger charge is 2.32. The number of carbonyl (C=O) groups is 1. The normalized spacial score (nSPS) is 17.6. The van der Waals surface area contributed by atoms with Crippen LogP contribution in [0.3, 0.4) is 0 Å². The van der Waals surface area contributed by atoms with Crippen molar-refractivity contribution in [3.63, 3.8) is 0 Å². The third-order valence-corrected chi connectivity index (χ3v) is 8.56. The fourth-order valence-electron chi connectivity index (χ4n) is 3.28. The van der Waals surface area contributed by atoms with Crippen LogP contribution in [0.25, 0.3) is 10.2 Å². The summed E-state index contributed by atoms with van der Waals surface area (Å²) >= 11 is 2.79. The maximum atomic E-state index is 12.7. The molecule has 1 saturated heterocycles. The number of fused-ring (bicyclic) bond motifs is 1. The molecule has 0 saturated carbocycles. The Kier molecular flexibility index (Phi) is 5.27. The number of carbonyl (C=O) groups excluding carboxylic acids is 1. The quantitative estimate of drug-likeness (QED) is 0.662. The molecule has 0 bridgehead atoms. The van der Waals surface area contributed by atoms with Crippen LogP contribution < -0.4 is 4.72 Å². The number of nitrogens with one attached hydrogen (secondary N) is 1. The molecule has 0 spiro atoms. The van der Waals surface area contributed by atoms with Crippen LogP contribution in [0.1, 0.15) is 30.3 Å². The van der Waals surface area contributed by atoms with Crippen molar-refractivity contribution in [1.82, 2.24) is 14.6 Å². The van der Waals surface area contributed by atoms with Crippen LogP contribution in [-0.4, -0.2) is 37.3 Å². The first kappa shape index (κ1) is 18.5. The van der Waals surface area contributed by atoms with Crippen LogP contribution in [0.4, 0.5) is 0 Å². The molecule has 4 rings (SSSR count). The Hall–Kier alpha value is -1.81. The minimum Gasteiger partial charge on any atom is -0.333 e. The minimum atomic E-state index is -3.53. The van der Waals surface area contributed by atoms with Gasteiger partial charge in [0.05, 0.1) is 16.3 Å². The molecule has 1 amide bonds. The van der Waals surface area contributed by atoms with Crippen LogP contribution in [0.5, 0.6) is 0 Å². The molecule has 1 aliphatic heterocycles. The van der Waals surface area contributed by atoms with Gasteiger partial charge in [0.25, 0.3) is 0 Å². The molecule has 2 aromatic heterocycles. The van der Waals surface area contributed by atoms with E-state index in [0.29, 0.717) is 6.54 Å². The Balaban J connectivity index is 1.40. The standard InChI is InChI=1S/C18H19N3O3S3/c22-16(9-10-19-27(23,24)17-8-4-12-25-17)21-11-3-6-14(21)18-20-13-5-1-2-7-15(13)26-18/h1-2,4-5,7-8,12,14,19H,3,6,9-11H2. The lowest BCUT2D eigenvalue weighted by atomic mass is 10.2. The lowest BCUT2D eigenvalue weighted by molar-refractivity contribution is -0.131. The summed E-state index contributed by atoms with van der Waals surface area (Å²) in [5.74, 6) is -0.0364. The number of para-hydroxylation sites is 1. The molecule has 27 heavy (non-hydrogen) atoms. The van der Waals surface area contributed by atoms with E-state index in [1.165, 1.54) is 0 Å². The van der Waals surface area contributed by atoms with Crippen LogP contribution in [0.15, 0.2) is 46.0 Å². The molecule has 9 heteroatoms. The molecule has 1 N–H and O–H groups in total. The highest BCUT2D eigenvalue weighted by atomic mass is 32.2. The number of likely N-dealkylation sites (tertiary alicyclic amines) is 1. The summed E-state index contributed by atoms with van der Waals surface area (Å²) in [4.78, 5) is 19.2. The minimum absolute atomic E-state index is 0.0104. The third kappa shape index (κ3) is 3.91. The average Bonchev–Trinajstić information content (AvgIpc) is 3.40. The third-order valence-electron chi connectivity index (χ3n) is 4.56. The van der Waals surface area contributed by atoms with Gasteiger partial charge in [-0.25, -0.2) is 18.1 Å². The van der Waals surface area contributed by atoms with E-state index in [-0.39, 0.29) is 29.1 Å². The number of thiophene rings is 1. The zero-order chi connectivity index (χ0) is 18.9. The lowest BCUT2D eigenvalue weighted by Gasteiger charge is -2.23. The van der Waals surface area contributed by atoms with Gasteiger partial charge < -0.3 is 4.90 Å². The van der Waals surface area contributed by atoms with Gasteiger partial charge in [0.2, 0.25) is 15.9 Å². The SMILES string of the molecule is O=C(CCNS(=O)(=O)c1cccs1)N1CCCC1c1nc2ccccc2s1. The number of amides is 1. The summed E-state index contributed by atoms with van der Waals surface area (Å²) in [5, 5.41) is 2.67. The summed E-state index contributed by atoms with van der Waals surface area (Å²) < 4.78 is 28.2. The molecule has 6 nitrogen and oxygen atoms in total. The molecule has 1 aliphatic rings. The fourth-order valence-corrected chi connectivity index (χ4v) is 6.46. The second-order valence-electron chi connectivity index (χ2n) is 6.34. The number of benzene rings is 1. The molecule has 1 unspecified atom stereocenters. The number of rotatable bonds is 6. The van der Waals surface area contributed by atoms with E-state index >= 15 is 0 Å². The van der Waals surface area contributed by atoms with Crippen LogP contribution in [0, 0.1) is 0 Å². The van der Waals surface area contributed by atoms with Gasteiger partial charge in [0.15, 0.2) is 0 Å².